The highest BCUT2D eigenvalue weighted by Gasteiger charge is 1.96. The van der Waals surface area contributed by atoms with Gasteiger partial charge in [0.05, 0.1) is 0 Å². The molecule has 0 aliphatic heterocycles. The van der Waals surface area contributed by atoms with Crippen molar-refractivity contribution >= 4 is 17.4 Å². The minimum Gasteiger partial charge on any atom is -0.352 e. The van der Waals surface area contributed by atoms with E-state index < -0.39 is 17.4 Å². The summed E-state index contributed by atoms with van der Waals surface area (Å²) in [6, 6.07) is 0. The number of hydrogen-bond acceptors (Lipinski definition) is 4. The van der Waals surface area contributed by atoms with E-state index in [2.05, 4.69) is 4.52 Å². The average Bonchev–Trinajstić information content (AvgIpc) is 1.89. The lowest BCUT2D eigenvalue weighted by atomic mass is 11.6. The van der Waals surface area contributed by atoms with Gasteiger partial charge in [0.25, 0.3) is 0 Å². The highest BCUT2D eigenvalue weighted by atomic mass is 31.2. The van der Waals surface area contributed by atoms with Crippen LogP contribution in [-0.2, 0) is 13.6 Å². The number of hydrogen-bond donors (Lipinski definition) is 1. The molecule has 56 valence electrons. The molecule has 0 saturated carbocycles. The second kappa shape index (κ2) is 6.81. The SMILES string of the molecule is COP(C)OCOPO. The monoisotopic (exact) mass is 172 g/mol. The Morgan fingerprint density at radius 3 is 2.78 bits per heavy atom. The topological polar surface area (TPSA) is 47.9 Å². The van der Waals surface area contributed by atoms with Gasteiger partial charge in [0, 0.05) is 13.8 Å². The zero-order valence-corrected chi connectivity index (χ0v) is 7.22. The molecule has 0 aromatic heterocycles. The molecule has 9 heavy (non-hydrogen) atoms. The summed E-state index contributed by atoms with van der Waals surface area (Å²) in [6.45, 7) is 1.91. The van der Waals surface area contributed by atoms with Crippen molar-refractivity contribution in [2.75, 3.05) is 20.6 Å². The Bertz CT molecular complexity index is 61.8. The molecule has 0 rings (SSSR count). The van der Waals surface area contributed by atoms with Gasteiger partial charge in [-0.05, 0) is 0 Å². The van der Waals surface area contributed by atoms with Crippen molar-refractivity contribution in [2.24, 2.45) is 0 Å². The molecule has 1 N–H and O–H groups in total. The molecule has 0 amide bonds. The second-order valence-electron chi connectivity index (χ2n) is 1.10. The van der Waals surface area contributed by atoms with Crippen molar-refractivity contribution in [3.05, 3.63) is 0 Å². The number of rotatable bonds is 5. The van der Waals surface area contributed by atoms with Crippen molar-refractivity contribution in [1.29, 1.82) is 0 Å². The maximum atomic E-state index is 8.14. The summed E-state index contributed by atoms with van der Waals surface area (Å²) in [6.07, 6.45) is 0. The largest absolute Gasteiger partial charge is 0.352 e. The lowest BCUT2D eigenvalue weighted by Crippen LogP contribution is -1.88. The van der Waals surface area contributed by atoms with Crippen LogP contribution < -0.4 is 0 Å². The van der Waals surface area contributed by atoms with Crippen LogP contribution in [0.2, 0.25) is 0 Å². The Kier molecular flexibility index (Phi) is 7.34. The molecule has 0 aromatic carbocycles. The van der Waals surface area contributed by atoms with E-state index in [4.69, 9.17) is 13.9 Å². The van der Waals surface area contributed by atoms with Crippen LogP contribution in [0.25, 0.3) is 0 Å². The third-order valence-corrected chi connectivity index (χ3v) is 1.85. The van der Waals surface area contributed by atoms with Crippen molar-refractivity contribution in [3.63, 3.8) is 0 Å². The molecule has 2 atom stereocenters. The van der Waals surface area contributed by atoms with Gasteiger partial charge in [0.15, 0.2) is 24.2 Å². The van der Waals surface area contributed by atoms with E-state index in [0.29, 0.717) is 0 Å². The highest BCUT2D eigenvalue weighted by Crippen LogP contribution is 2.31. The van der Waals surface area contributed by atoms with Crippen molar-refractivity contribution in [3.8, 4) is 0 Å². The van der Waals surface area contributed by atoms with E-state index in [9.17, 15) is 0 Å². The van der Waals surface area contributed by atoms with Gasteiger partial charge < -0.3 is 18.5 Å². The molecule has 6 heteroatoms. The third-order valence-electron chi connectivity index (χ3n) is 0.615. The van der Waals surface area contributed by atoms with Gasteiger partial charge in [-0.15, -0.1) is 0 Å². The first kappa shape index (κ1) is 9.70. The Balaban J connectivity index is 2.88. The molecule has 0 bridgehead atoms. The summed E-state index contributed by atoms with van der Waals surface area (Å²) in [5.74, 6) is 0. The van der Waals surface area contributed by atoms with E-state index in [0.717, 1.165) is 0 Å². The van der Waals surface area contributed by atoms with Crippen LogP contribution in [0, 0.1) is 0 Å². The Morgan fingerprint density at radius 2 is 2.33 bits per heavy atom. The van der Waals surface area contributed by atoms with E-state index in [1.54, 1.807) is 13.8 Å². The maximum absolute atomic E-state index is 8.14. The Labute approximate surface area is 57.4 Å². The van der Waals surface area contributed by atoms with Crippen LogP contribution in [-0.4, -0.2) is 25.5 Å². The third kappa shape index (κ3) is 6.59. The van der Waals surface area contributed by atoms with Gasteiger partial charge in [0.2, 0.25) is 0 Å². The van der Waals surface area contributed by atoms with Gasteiger partial charge in [-0.1, -0.05) is 0 Å². The van der Waals surface area contributed by atoms with Crippen LogP contribution in [0.1, 0.15) is 0 Å². The summed E-state index contributed by atoms with van der Waals surface area (Å²) in [5, 5.41) is 0. The molecule has 0 aliphatic rings. The van der Waals surface area contributed by atoms with Gasteiger partial charge in [0.1, 0.15) is 0 Å². The summed E-state index contributed by atoms with van der Waals surface area (Å²) in [5.41, 5.74) is 0. The van der Waals surface area contributed by atoms with Crippen molar-refractivity contribution in [1.82, 2.24) is 0 Å². The standard InChI is InChI=1S/C3H10O4P2/c1-5-9(2)7-3-6-8-4/h4,8H,3H2,1-2H3. The quantitative estimate of drug-likeness (QED) is 0.382. The molecular weight excluding hydrogens is 162 g/mol. The predicted molar refractivity (Wildman–Crippen MR) is 37.4 cm³/mol. The Morgan fingerprint density at radius 1 is 1.67 bits per heavy atom. The second-order valence-corrected chi connectivity index (χ2v) is 3.08. The van der Waals surface area contributed by atoms with Crippen molar-refractivity contribution < 1.29 is 18.5 Å². The fourth-order valence-corrected chi connectivity index (χ4v) is 0.697. The van der Waals surface area contributed by atoms with E-state index in [-0.39, 0.29) is 6.79 Å². The molecule has 0 radical (unpaired) electrons. The molecule has 0 spiro atoms. The molecule has 0 fully saturated rings. The van der Waals surface area contributed by atoms with Gasteiger partial charge in [-0.25, -0.2) is 0 Å². The zero-order chi connectivity index (χ0) is 7.11. The molecule has 4 nitrogen and oxygen atoms in total. The summed E-state index contributed by atoms with van der Waals surface area (Å²) < 4.78 is 14.2. The van der Waals surface area contributed by atoms with Crippen LogP contribution in [0.15, 0.2) is 0 Å². The summed E-state index contributed by atoms with van der Waals surface area (Å²) in [7, 11) is 0.229. The minimum atomic E-state index is -0.822. The van der Waals surface area contributed by atoms with Crippen LogP contribution in [0.4, 0.5) is 0 Å². The normalized spacial score (nSPS) is 15.0. The van der Waals surface area contributed by atoms with Crippen LogP contribution >= 0.6 is 17.4 Å². The predicted octanol–water partition coefficient (Wildman–Crippen LogP) is 1.07. The molecule has 0 aromatic rings. The van der Waals surface area contributed by atoms with Crippen molar-refractivity contribution in [2.45, 2.75) is 0 Å². The first-order valence-corrected chi connectivity index (χ1v) is 4.71. The average molecular weight is 172 g/mol. The van der Waals surface area contributed by atoms with E-state index in [1.807, 2.05) is 0 Å². The fourth-order valence-electron chi connectivity index (χ4n) is 0.180. The van der Waals surface area contributed by atoms with Crippen LogP contribution in [0.5, 0.6) is 0 Å². The van der Waals surface area contributed by atoms with E-state index >= 15 is 0 Å². The lowest BCUT2D eigenvalue weighted by molar-refractivity contribution is 0.125. The first-order chi connectivity index (χ1) is 4.31. The Hall–Kier alpha value is 0.700. The minimum absolute atomic E-state index is 0.102. The van der Waals surface area contributed by atoms with Gasteiger partial charge >= 0.3 is 0 Å². The van der Waals surface area contributed by atoms with Gasteiger partial charge in [-0.3, -0.25) is 0 Å². The summed E-state index contributed by atoms with van der Waals surface area (Å²) >= 11 is 0. The summed E-state index contributed by atoms with van der Waals surface area (Å²) in [4.78, 5) is 8.14. The molecule has 0 saturated heterocycles. The molecule has 2 unspecified atom stereocenters. The molecule has 0 aliphatic carbocycles. The fraction of sp³-hybridized carbons (Fsp3) is 1.00. The van der Waals surface area contributed by atoms with Crippen LogP contribution in [0.3, 0.4) is 0 Å². The first-order valence-electron chi connectivity index (χ1n) is 2.23. The highest BCUT2D eigenvalue weighted by molar-refractivity contribution is 7.46. The van der Waals surface area contributed by atoms with Gasteiger partial charge in [-0.2, -0.15) is 0 Å². The molecule has 0 heterocycles. The maximum Gasteiger partial charge on any atom is 0.169 e. The smallest absolute Gasteiger partial charge is 0.169 e. The van der Waals surface area contributed by atoms with E-state index in [1.165, 1.54) is 0 Å². The zero-order valence-electron chi connectivity index (χ0n) is 5.33. The molecular formula is C3H10O4P2. The lowest BCUT2D eigenvalue weighted by Gasteiger charge is -2.07.